The SMILES string of the molecule is Cc1noc([C@@H]2CCN(Cc3ccc(N4CCCCC4)c(C)c3)C2)n1. The van der Waals surface area contributed by atoms with E-state index in [9.17, 15) is 0 Å². The van der Waals surface area contributed by atoms with E-state index in [1.54, 1.807) is 0 Å². The number of likely N-dealkylation sites (tertiary alicyclic amines) is 1. The molecule has 2 fully saturated rings. The molecule has 0 radical (unpaired) electrons. The normalized spacial score (nSPS) is 21.8. The lowest BCUT2D eigenvalue weighted by Crippen LogP contribution is -2.30. The molecule has 3 heterocycles. The van der Waals surface area contributed by atoms with Crippen LogP contribution in [0.5, 0.6) is 0 Å². The van der Waals surface area contributed by atoms with Crippen LogP contribution in [0, 0.1) is 13.8 Å². The second kappa shape index (κ2) is 7.16. The molecule has 0 aliphatic carbocycles. The number of aromatic nitrogens is 2. The molecule has 5 nitrogen and oxygen atoms in total. The number of hydrogen-bond acceptors (Lipinski definition) is 5. The van der Waals surface area contributed by atoms with Gasteiger partial charge in [0.1, 0.15) is 0 Å². The third kappa shape index (κ3) is 3.71. The molecule has 5 heteroatoms. The molecule has 0 N–H and O–H groups in total. The van der Waals surface area contributed by atoms with Crippen molar-refractivity contribution in [3.8, 4) is 0 Å². The number of benzene rings is 1. The van der Waals surface area contributed by atoms with Crippen LogP contribution in [0.15, 0.2) is 22.7 Å². The molecule has 134 valence electrons. The van der Waals surface area contributed by atoms with Gasteiger partial charge in [-0.25, -0.2) is 0 Å². The molecule has 0 amide bonds. The lowest BCUT2D eigenvalue weighted by molar-refractivity contribution is 0.308. The van der Waals surface area contributed by atoms with Gasteiger partial charge >= 0.3 is 0 Å². The van der Waals surface area contributed by atoms with Gasteiger partial charge in [-0.1, -0.05) is 17.3 Å². The van der Waals surface area contributed by atoms with Crippen LogP contribution in [-0.4, -0.2) is 41.2 Å². The number of anilines is 1. The Morgan fingerprint density at radius 1 is 1.12 bits per heavy atom. The van der Waals surface area contributed by atoms with Gasteiger partial charge in [-0.2, -0.15) is 4.98 Å². The smallest absolute Gasteiger partial charge is 0.231 e. The van der Waals surface area contributed by atoms with Crippen LogP contribution < -0.4 is 4.90 Å². The predicted octanol–water partition coefficient (Wildman–Crippen LogP) is 3.67. The second-order valence-corrected chi connectivity index (χ2v) is 7.57. The topological polar surface area (TPSA) is 45.4 Å². The van der Waals surface area contributed by atoms with Crippen LogP contribution in [0.2, 0.25) is 0 Å². The molecule has 0 bridgehead atoms. The van der Waals surface area contributed by atoms with Crippen molar-refractivity contribution < 1.29 is 4.52 Å². The van der Waals surface area contributed by atoms with Gasteiger partial charge in [-0.15, -0.1) is 0 Å². The molecule has 0 spiro atoms. The minimum absolute atomic E-state index is 0.384. The van der Waals surface area contributed by atoms with E-state index in [2.05, 4.69) is 45.1 Å². The van der Waals surface area contributed by atoms with Gasteiger partial charge < -0.3 is 9.42 Å². The predicted molar refractivity (Wildman–Crippen MR) is 98.9 cm³/mol. The van der Waals surface area contributed by atoms with E-state index in [0.717, 1.165) is 37.8 Å². The molecule has 2 aromatic rings. The highest BCUT2D eigenvalue weighted by Crippen LogP contribution is 2.29. The molecule has 1 aromatic carbocycles. The summed E-state index contributed by atoms with van der Waals surface area (Å²) < 4.78 is 5.36. The van der Waals surface area contributed by atoms with Crippen molar-refractivity contribution in [3.05, 3.63) is 41.0 Å². The summed E-state index contributed by atoms with van der Waals surface area (Å²) in [7, 11) is 0. The summed E-state index contributed by atoms with van der Waals surface area (Å²) in [6, 6.07) is 7.00. The summed E-state index contributed by atoms with van der Waals surface area (Å²) in [5.74, 6) is 1.92. The summed E-state index contributed by atoms with van der Waals surface area (Å²) in [5, 5.41) is 3.93. The average Bonchev–Trinajstić information content (AvgIpc) is 3.25. The first-order chi connectivity index (χ1) is 12.2. The Labute approximate surface area is 150 Å². The quantitative estimate of drug-likeness (QED) is 0.850. The summed E-state index contributed by atoms with van der Waals surface area (Å²) >= 11 is 0. The van der Waals surface area contributed by atoms with Gasteiger partial charge in [0.15, 0.2) is 5.82 Å². The third-order valence-electron chi connectivity index (χ3n) is 5.53. The number of rotatable bonds is 4. The Kier molecular flexibility index (Phi) is 4.75. The summed E-state index contributed by atoms with van der Waals surface area (Å²) in [6.45, 7) is 9.65. The fraction of sp³-hybridized carbons (Fsp3) is 0.600. The van der Waals surface area contributed by atoms with Crippen molar-refractivity contribution in [2.24, 2.45) is 0 Å². The van der Waals surface area contributed by atoms with E-state index in [1.165, 1.54) is 49.2 Å². The maximum absolute atomic E-state index is 5.36. The number of aryl methyl sites for hydroxylation is 2. The van der Waals surface area contributed by atoms with E-state index in [1.807, 2.05) is 6.92 Å². The van der Waals surface area contributed by atoms with Crippen molar-refractivity contribution in [1.29, 1.82) is 0 Å². The molecule has 2 aliphatic rings. The van der Waals surface area contributed by atoms with Crippen LogP contribution in [0.1, 0.15) is 54.4 Å². The van der Waals surface area contributed by atoms with Crippen molar-refractivity contribution in [2.45, 2.75) is 52.0 Å². The Morgan fingerprint density at radius 3 is 2.68 bits per heavy atom. The number of nitrogens with zero attached hydrogens (tertiary/aromatic N) is 4. The molecular formula is C20H28N4O. The number of hydrogen-bond donors (Lipinski definition) is 0. The lowest BCUT2D eigenvalue weighted by Gasteiger charge is -2.30. The van der Waals surface area contributed by atoms with Crippen molar-refractivity contribution >= 4 is 5.69 Å². The zero-order valence-electron chi connectivity index (χ0n) is 15.4. The fourth-order valence-corrected chi connectivity index (χ4v) is 4.22. The Morgan fingerprint density at radius 2 is 1.96 bits per heavy atom. The highest BCUT2D eigenvalue weighted by molar-refractivity contribution is 5.54. The van der Waals surface area contributed by atoms with Gasteiger partial charge in [0.25, 0.3) is 0 Å². The average molecular weight is 340 g/mol. The molecular weight excluding hydrogens is 312 g/mol. The van der Waals surface area contributed by atoms with Crippen LogP contribution in [0.25, 0.3) is 0 Å². The Bertz CT molecular complexity index is 720. The zero-order chi connectivity index (χ0) is 17.2. The maximum atomic E-state index is 5.36. The zero-order valence-corrected chi connectivity index (χ0v) is 15.4. The standard InChI is InChI=1S/C20H28N4O/c1-15-12-17(6-7-19(15)24-9-4-3-5-10-24)13-23-11-8-18(14-23)20-21-16(2)22-25-20/h6-7,12,18H,3-5,8-11,13-14H2,1-2H3/t18-/m1/s1. The van der Waals surface area contributed by atoms with Crippen LogP contribution >= 0.6 is 0 Å². The fourth-order valence-electron chi connectivity index (χ4n) is 4.22. The first kappa shape index (κ1) is 16.6. The van der Waals surface area contributed by atoms with Crippen molar-refractivity contribution in [3.63, 3.8) is 0 Å². The maximum Gasteiger partial charge on any atom is 0.231 e. The third-order valence-corrected chi connectivity index (χ3v) is 5.53. The summed E-state index contributed by atoms with van der Waals surface area (Å²) in [4.78, 5) is 9.45. The number of piperidine rings is 1. The highest BCUT2D eigenvalue weighted by atomic mass is 16.5. The monoisotopic (exact) mass is 340 g/mol. The Hall–Kier alpha value is -1.88. The molecule has 1 atom stereocenters. The second-order valence-electron chi connectivity index (χ2n) is 7.57. The van der Waals surface area contributed by atoms with E-state index in [4.69, 9.17) is 4.52 Å². The van der Waals surface area contributed by atoms with E-state index < -0.39 is 0 Å². The van der Waals surface area contributed by atoms with E-state index in [0.29, 0.717) is 5.92 Å². The molecule has 25 heavy (non-hydrogen) atoms. The molecule has 2 saturated heterocycles. The first-order valence-corrected chi connectivity index (χ1v) is 9.56. The summed E-state index contributed by atoms with van der Waals surface area (Å²) in [5.41, 5.74) is 4.23. The van der Waals surface area contributed by atoms with Crippen molar-refractivity contribution in [1.82, 2.24) is 15.0 Å². The van der Waals surface area contributed by atoms with Crippen LogP contribution in [0.4, 0.5) is 5.69 Å². The van der Waals surface area contributed by atoms with Gasteiger partial charge in [0, 0.05) is 31.9 Å². The van der Waals surface area contributed by atoms with Gasteiger partial charge in [0.05, 0.1) is 5.92 Å². The van der Waals surface area contributed by atoms with E-state index in [-0.39, 0.29) is 0 Å². The molecule has 1 aromatic heterocycles. The van der Waals surface area contributed by atoms with Crippen LogP contribution in [-0.2, 0) is 6.54 Å². The Balaban J connectivity index is 1.39. The molecule has 4 rings (SSSR count). The summed E-state index contributed by atoms with van der Waals surface area (Å²) in [6.07, 6.45) is 5.13. The molecule has 2 aliphatic heterocycles. The molecule has 0 saturated carbocycles. The minimum Gasteiger partial charge on any atom is -0.371 e. The van der Waals surface area contributed by atoms with Crippen LogP contribution in [0.3, 0.4) is 0 Å². The lowest BCUT2D eigenvalue weighted by atomic mass is 10.1. The largest absolute Gasteiger partial charge is 0.371 e. The molecule has 0 unspecified atom stereocenters. The van der Waals surface area contributed by atoms with Crippen molar-refractivity contribution in [2.75, 3.05) is 31.1 Å². The van der Waals surface area contributed by atoms with Gasteiger partial charge in [-0.3, -0.25) is 4.90 Å². The first-order valence-electron chi connectivity index (χ1n) is 9.56. The van der Waals surface area contributed by atoms with E-state index >= 15 is 0 Å². The highest BCUT2D eigenvalue weighted by Gasteiger charge is 2.28. The minimum atomic E-state index is 0.384. The van der Waals surface area contributed by atoms with Gasteiger partial charge in [-0.05, 0) is 63.3 Å². The van der Waals surface area contributed by atoms with Gasteiger partial charge in [0.2, 0.25) is 5.89 Å².